The summed E-state index contributed by atoms with van der Waals surface area (Å²) < 4.78 is 24.0. The van der Waals surface area contributed by atoms with E-state index in [2.05, 4.69) is 5.32 Å². The van der Waals surface area contributed by atoms with E-state index in [0.717, 1.165) is 6.26 Å². The minimum absolute atomic E-state index is 0.239. The van der Waals surface area contributed by atoms with Crippen LogP contribution in [0, 0.1) is 5.92 Å². The Kier molecular flexibility index (Phi) is 5.49. The Balaban J connectivity index is 2.57. The topological polar surface area (TPSA) is 124 Å². The first-order valence-electron chi connectivity index (χ1n) is 6.29. The zero-order valence-corrected chi connectivity index (χ0v) is 12.3. The number of sulfonamides is 1. The first kappa shape index (κ1) is 16.9. The van der Waals surface area contributed by atoms with E-state index in [1.807, 2.05) is 0 Å². The maximum absolute atomic E-state index is 11.9. The maximum Gasteiger partial charge on any atom is 0.328 e. The summed E-state index contributed by atoms with van der Waals surface area (Å²) in [6.45, 7) is 1.76. The highest BCUT2D eigenvalue weighted by Crippen LogP contribution is 2.19. The number of aliphatic hydroxyl groups is 1. The second kappa shape index (κ2) is 6.51. The molecule has 20 heavy (non-hydrogen) atoms. The number of carboxylic acids is 1. The first-order valence-corrected chi connectivity index (χ1v) is 8.14. The van der Waals surface area contributed by atoms with E-state index in [4.69, 9.17) is 5.11 Å². The molecule has 0 bridgehead atoms. The van der Waals surface area contributed by atoms with Crippen molar-refractivity contribution in [1.29, 1.82) is 0 Å². The summed E-state index contributed by atoms with van der Waals surface area (Å²) in [6, 6.07) is -1.35. The molecule has 1 rings (SSSR count). The quantitative estimate of drug-likeness (QED) is 0.574. The number of hydrogen-bond donors (Lipinski definition) is 3. The van der Waals surface area contributed by atoms with Crippen molar-refractivity contribution in [1.82, 2.24) is 9.62 Å². The number of nitrogens with one attached hydrogen (secondary N) is 1. The lowest BCUT2D eigenvalue weighted by Crippen LogP contribution is -2.51. The highest BCUT2D eigenvalue weighted by atomic mass is 32.2. The van der Waals surface area contributed by atoms with Crippen LogP contribution >= 0.6 is 0 Å². The van der Waals surface area contributed by atoms with Gasteiger partial charge in [-0.1, -0.05) is 0 Å². The van der Waals surface area contributed by atoms with Gasteiger partial charge >= 0.3 is 5.97 Å². The predicted octanol–water partition coefficient (Wildman–Crippen LogP) is -1.39. The molecule has 0 aromatic rings. The number of carbonyl (C=O) groups excluding carboxylic acids is 1. The molecule has 0 saturated carbocycles. The Morgan fingerprint density at radius 3 is 2.15 bits per heavy atom. The second-order valence-electron chi connectivity index (χ2n) is 5.00. The van der Waals surface area contributed by atoms with E-state index in [-0.39, 0.29) is 13.1 Å². The van der Waals surface area contributed by atoms with Gasteiger partial charge in [-0.15, -0.1) is 0 Å². The van der Waals surface area contributed by atoms with E-state index < -0.39 is 40.0 Å². The number of carboxylic acid groups (broad SMARTS) is 1. The number of amides is 1. The maximum atomic E-state index is 11.9. The highest BCUT2D eigenvalue weighted by Gasteiger charge is 2.32. The average molecular weight is 308 g/mol. The van der Waals surface area contributed by atoms with Crippen LogP contribution in [0.25, 0.3) is 0 Å². The monoisotopic (exact) mass is 308 g/mol. The van der Waals surface area contributed by atoms with E-state index in [1.54, 1.807) is 0 Å². The van der Waals surface area contributed by atoms with Gasteiger partial charge in [0, 0.05) is 19.0 Å². The van der Waals surface area contributed by atoms with Crippen LogP contribution in [0.15, 0.2) is 0 Å². The number of rotatable bonds is 5. The van der Waals surface area contributed by atoms with Crippen LogP contribution in [-0.2, 0) is 19.6 Å². The van der Waals surface area contributed by atoms with Gasteiger partial charge in [-0.2, -0.15) is 0 Å². The standard InChI is InChI=1S/C11H20N2O6S/c1-7(14)9(11(16)17)12-10(15)8-3-5-13(6-4-8)20(2,18)19/h7-9,14H,3-6H2,1-2H3,(H,12,15)(H,16,17). The molecule has 0 spiro atoms. The molecule has 8 nitrogen and oxygen atoms in total. The van der Waals surface area contributed by atoms with Gasteiger partial charge in [0.1, 0.15) is 0 Å². The smallest absolute Gasteiger partial charge is 0.328 e. The molecule has 1 aliphatic heterocycles. The molecule has 1 amide bonds. The Morgan fingerprint density at radius 2 is 1.80 bits per heavy atom. The van der Waals surface area contributed by atoms with Gasteiger partial charge in [-0.3, -0.25) is 4.79 Å². The lowest BCUT2D eigenvalue weighted by Gasteiger charge is -2.30. The van der Waals surface area contributed by atoms with Crippen molar-refractivity contribution in [3.63, 3.8) is 0 Å². The molecule has 116 valence electrons. The van der Waals surface area contributed by atoms with Crippen LogP contribution in [0.1, 0.15) is 19.8 Å². The van der Waals surface area contributed by atoms with Gasteiger partial charge in [-0.25, -0.2) is 17.5 Å². The molecule has 1 saturated heterocycles. The summed E-state index contributed by atoms with van der Waals surface area (Å²) >= 11 is 0. The Bertz CT molecular complexity index is 467. The van der Waals surface area contributed by atoms with Crippen molar-refractivity contribution in [2.45, 2.75) is 31.9 Å². The summed E-state index contributed by atoms with van der Waals surface area (Å²) in [5.74, 6) is -2.21. The van der Waals surface area contributed by atoms with Crippen molar-refractivity contribution in [2.75, 3.05) is 19.3 Å². The zero-order chi connectivity index (χ0) is 15.5. The number of aliphatic carboxylic acids is 1. The van der Waals surface area contributed by atoms with Crippen molar-refractivity contribution in [3.05, 3.63) is 0 Å². The molecular formula is C11H20N2O6S. The third-order valence-electron chi connectivity index (χ3n) is 3.34. The third-order valence-corrected chi connectivity index (χ3v) is 4.64. The SMILES string of the molecule is CC(O)C(NC(=O)C1CCN(S(C)(=O)=O)CC1)C(=O)O. The molecule has 1 fully saturated rings. The number of hydrogen-bond acceptors (Lipinski definition) is 5. The highest BCUT2D eigenvalue weighted by molar-refractivity contribution is 7.88. The van der Waals surface area contributed by atoms with Crippen LogP contribution < -0.4 is 5.32 Å². The summed E-state index contributed by atoms with van der Waals surface area (Å²) in [7, 11) is -3.26. The van der Waals surface area contributed by atoms with Gasteiger partial charge in [0.15, 0.2) is 6.04 Å². The van der Waals surface area contributed by atoms with Gasteiger partial charge in [0.2, 0.25) is 15.9 Å². The van der Waals surface area contributed by atoms with Gasteiger partial charge in [-0.05, 0) is 19.8 Å². The van der Waals surface area contributed by atoms with Gasteiger partial charge in [0.25, 0.3) is 0 Å². The third kappa shape index (κ3) is 4.43. The van der Waals surface area contributed by atoms with Gasteiger partial charge < -0.3 is 15.5 Å². The Morgan fingerprint density at radius 1 is 1.30 bits per heavy atom. The molecule has 2 atom stereocenters. The average Bonchev–Trinajstić information content (AvgIpc) is 2.34. The minimum Gasteiger partial charge on any atom is -0.480 e. The van der Waals surface area contributed by atoms with Crippen LogP contribution in [0.3, 0.4) is 0 Å². The molecule has 0 aliphatic carbocycles. The molecule has 0 radical (unpaired) electrons. The molecule has 1 heterocycles. The number of aliphatic hydroxyl groups excluding tert-OH is 1. The van der Waals surface area contributed by atoms with Gasteiger partial charge in [0.05, 0.1) is 12.4 Å². The summed E-state index contributed by atoms with van der Waals surface area (Å²) in [5.41, 5.74) is 0. The van der Waals surface area contributed by atoms with E-state index in [1.165, 1.54) is 11.2 Å². The molecule has 2 unspecified atom stereocenters. The molecular weight excluding hydrogens is 288 g/mol. The van der Waals surface area contributed by atoms with Crippen molar-refractivity contribution < 1.29 is 28.2 Å². The predicted molar refractivity (Wildman–Crippen MR) is 70.4 cm³/mol. The Hall–Kier alpha value is -1.19. The van der Waals surface area contributed by atoms with Crippen molar-refractivity contribution in [2.24, 2.45) is 5.92 Å². The molecule has 3 N–H and O–H groups in total. The fourth-order valence-electron chi connectivity index (χ4n) is 2.11. The van der Waals surface area contributed by atoms with E-state index >= 15 is 0 Å². The van der Waals surface area contributed by atoms with Crippen LogP contribution in [0.2, 0.25) is 0 Å². The first-order chi connectivity index (χ1) is 9.12. The summed E-state index contributed by atoms with van der Waals surface area (Å²) in [5, 5.41) is 20.5. The lowest BCUT2D eigenvalue weighted by molar-refractivity contribution is -0.145. The molecule has 9 heteroatoms. The zero-order valence-electron chi connectivity index (χ0n) is 11.4. The summed E-state index contributed by atoms with van der Waals surface area (Å²) in [6.07, 6.45) is 0.588. The van der Waals surface area contributed by atoms with Crippen molar-refractivity contribution >= 4 is 21.9 Å². The van der Waals surface area contributed by atoms with Crippen LogP contribution in [0.5, 0.6) is 0 Å². The summed E-state index contributed by atoms with van der Waals surface area (Å²) in [4.78, 5) is 22.8. The fraction of sp³-hybridized carbons (Fsp3) is 0.818. The normalized spacial score (nSPS) is 21.1. The molecule has 0 aromatic heterocycles. The lowest BCUT2D eigenvalue weighted by atomic mass is 9.96. The molecule has 1 aliphatic rings. The minimum atomic E-state index is -3.26. The van der Waals surface area contributed by atoms with E-state index in [0.29, 0.717) is 12.8 Å². The van der Waals surface area contributed by atoms with Crippen LogP contribution in [0.4, 0.5) is 0 Å². The number of carbonyl (C=O) groups is 2. The largest absolute Gasteiger partial charge is 0.480 e. The van der Waals surface area contributed by atoms with Crippen LogP contribution in [-0.4, -0.2) is 66.3 Å². The van der Waals surface area contributed by atoms with E-state index in [9.17, 15) is 23.1 Å². The van der Waals surface area contributed by atoms with Crippen molar-refractivity contribution in [3.8, 4) is 0 Å². The molecule has 0 aromatic carbocycles. The second-order valence-corrected chi connectivity index (χ2v) is 6.98. The number of piperidine rings is 1. The Labute approximate surface area is 117 Å². The number of nitrogens with zero attached hydrogens (tertiary/aromatic N) is 1. The fourth-order valence-corrected chi connectivity index (χ4v) is 2.98.